The number of thioether (sulfide) groups is 1. The maximum Gasteiger partial charge on any atom is 0.230 e. The van der Waals surface area contributed by atoms with Crippen LogP contribution in [0.5, 0.6) is 0 Å². The van der Waals surface area contributed by atoms with E-state index < -0.39 is 0 Å². The maximum atomic E-state index is 13.1. The van der Waals surface area contributed by atoms with Crippen LogP contribution in [-0.4, -0.2) is 51.0 Å². The Bertz CT molecular complexity index is 937. The molecular weight excluding hydrogens is 430 g/mol. The van der Waals surface area contributed by atoms with Crippen LogP contribution in [0.15, 0.2) is 35.5 Å². The van der Waals surface area contributed by atoms with E-state index in [0.717, 1.165) is 35.2 Å². The molecule has 1 amide bonds. The van der Waals surface area contributed by atoms with Gasteiger partial charge in [0.15, 0.2) is 11.0 Å². The van der Waals surface area contributed by atoms with E-state index in [2.05, 4.69) is 70.3 Å². The number of carbonyl (C=O) groups is 1. The standard InChI is InChI=1S/C26H37N5OS/c1-4-22(30(2)3)24-28-29-25(31(24)16-18-8-6-5-7-9-18)33-17-23(32)27-26-13-19-10-20(14-26)12-21(11-19)15-26/h5-9,19-22H,4,10-17H2,1-3H3,(H,27,32)/t19?,20?,21?,22-,26?/m1/s1. The van der Waals surface area contributed by atoms with Crippen molar-refractivity contribution in [2.75, 3.05) is 19.8 Å². The van der Waals surface area contributed by atoms with Crippen LogP contribution in [0.4, 0.5) is 0 Å². The molecule has 0 radical (unpaired) electrons. The molecule has 1 N–H and O–H groups in total. The van der Waals surface area contributed by atoms with Gasteiger partial charge in [0.25, 0.3) is 0 Å². The van der Waals surface area contributed by atoms with Crippen LogP contribution < -0.4 is 5.32 Å². The van der Waals surface area contributed by atoms with Crippen molar-refractivity contribution >= 4 is 17.7 Å². The Kier molecular flexibility index (Phi) is 6.54. The van der Waals surface area contributed by atoms with E-state index in [0.29, 0.717) is 12.3 Å². The lowest BCUT2D eigenvalue weighted by atomic mass is 9.53. The van der Waals surface area contributed by atoms with E-state index in [1.165, 1.54) is 55.9 Å². The third-order valence-electron chi connectivity index (χ3n) is 8.01. The van der Waals surface area contributed by atoms with Crippen LogP contribution >= 0.6 is 11.8 Å². The maximum absolute atomic E-state index is 13.1. The minimum absolute atomic E-state index is 0.0630. The topological polar surface area (TPSA) is 63.1 Å². The molecule has 6 rings (SSSR count). The lowest BCUT2D eigenvalue weighted by Crippen LogP contribution is -2.60. The van der Waals surface area contributed by atoms with Crippen molar-refractivity contribution in [1.82, 2.24) is 25.0 Å². The SMILES string of the molecule is CC[C@H](c1nnc(SCC(=O)NC23CC4CC(CC(C4)C2)C3)n1Cc1ccccc1)N(C)C. The Morgan fingerprint density at radius 2 is 1.76 bits per heavy atom. The van der Waals surface area contributed by atoms with E-state index in [-0.39, 0.29) is 17.5 Å². The highest BCUT2D eigenvalue weighted by atomic mass is 32.2. The van der Waals surface area contributed by atoms with Crippen molar-refractivity contribution in [2.24, 2.45) is 17.8 Å². The zero-order valence-corrected chi connectivity index (χ0v) is 21.0. The summed E-state index contributed by atoms with van der Waals surface area (Å²) in [5.41, 5.74) is 1.28. The van der Waals surface area contributed by atoms with Crippen molar-refractivity contribution in [1.29, 1.82) is 0 Å². The van der Waals surface area contributed by atoms with Gasteiger partial charge in [-0.3, -0.25) is 9.69 Å². The molecule has 2 aromatic rings. The summed E-state index contributed by atoms with van der Waals surface area (Å²) in [6.07, 6.45) is 8.68. The van der Waals surface area contributed by atoms with Crippen LogP contribution in [0.1, 0.15) is 69.3 Å². The summed E-state index contributed by atoms with van der Waals surface area (Å²) in [5, 5.41) is 13.4. The number of carbonyl (C=O) groups excluding carboxylic acids is 1. The summed E-state index contributed by atoms with van der Waals surface area (Å²) in [7, 11) is 4.17. The smallest absolute Gasteiger partial charge is 0.230 e. The normalized spacial score (nSPS) is 28.9. The minimum atomic E-state index is 0.0630. The van der Waals surface area contributed by atoms with Gasteiger partial charge in [0, 0.05) is 5.54 Å². The highest BCUT2D eigenvalue weighted by molar-refractivity contribution is 7.99. The fourth-order valence-corrected chi connectivity index (χ4v) is 7.82. The number of amides is 1. The van der Waals surface area contributed by atoms with Gasteiger partial charge in [-0.25, -0.2) is 0 Å². The molecule has 7 heteroatoms. The van der Waals surface area contributed by atoms with E-state index in [1.54, 1.807) is 0 Å². The Balaban J connectivity index is 1.29. The van der Waals surface area contributed by atoms with Gasteiger partial charge in [0.2, 0.25) is 5.91 Å². The first-order valence-corrected chi connectivity index (χ1v) is 13.5. The summed E-state index contributed by atoms with van der Waals surface area (Å²) in [6, 6.07) is 10.6. The fraction of sp³-hybridized carbons (Fsp3) is 0.654. The molecule has 1 atom stereocenters. The number of aromatic nitrogens is 3. The second-order valence-electron chi connectivity index (χ2n) is 10.8. The van der Waals surface area contributed by atoms with Crippen molar-refractivity contribution in [3.63, 3.8) is 0 Å². The van der Waals surface area contributed by atoms with E-state index in [1.807, 2.05) is 6.07 Å². The Morgan fingerprint density at radius 3 is 2.33 bits per heavy atom. The van der Waals surface area contributed by atoms with Gasteiger partial charge in [-0.05, 0) is 82.4 Å². The molecule has 0 saturated heterocycles. The van der Waals surface area contributed by atoms with Crippen molar-refractivity contribution < 1.29 is 4.79 Å². The highest BCUT2D eigenvalue weighted by Gasteiger charge is 2.51. The van der Waals surface area contributed by atoms with Gasteiger partial charge in [0.1, 0.15) is 0 Å². The molecule has 4 aliphatic rings. The summed E-state index contributed by atoms with van der Waals surface area (Å²) in [5.74, 6) is 4.01. The minimum Gasteiger partial charge on any atom is -0.350 e. The summed E-state index contributed by atoms with van der Waals surface area (Å²) in [4.78, 5) is 15.3. The first-order valence-electron chi connectivity index (χ1n) is 12.5. The molecule has 4 aliphatic carbocycles. The van der Waals surface area contributed by atoms with E-state index in [4.69, 9.17) is 0 Å². The van der Waals surface area contributed by atoms with E-state index in [9.17, 15) is 4.79 Å². The average molecular weight is 468 g/mol. The zero-order valence-electron chi connectivity index (χ0n) is 20.2. The molecule has 1 aromatic heterocycles. The summed E-state index contributed by atoms with van der Waals surface area (Å²) >= 11 is 1.52. The molecule has 4 fully saturated rings. The zero-order chi connectivity index (χ0) is 23.0. The average Bonchev–Trinajstić information content (AvgIpc) is 3.14. The summed E-state index contributed by atoms with van der Waals surface area (Å²) < 4.78 is 2.20. The van der Waals surface area contributed by atoms with Gasteiger partial charge in [-0.2, -0.15) is 0 Å². The molecule has 33 heavy (non-hydrogen) atoms. The number of hydrogen-bond donors (Lipinski definition) is 1. The van der Waals surface area contributed by atoms with Crippen LogP contribution in [0.3, 0.4) is 0 Å². The highest BCUT2D eigenvalue weighted by Crippen LogP contribution is 2.55. The molecule has 1 heterocycles. The molecule has 6 nitrogen and oxygen atoms in total. The van der Waals surface area contributed by atoms with Crippen LogP contribution in [0.25, 0.3) is 0 Å². The molecule has 0 spiro atoms. The third kappa shape index (κ3) is 4.85. The quantitative estimate of drug-likeness (QED) is 0.550. The first kappa shape index (κ1) is 22.9. The molecule has 0 unspecified atom stereocenters. The van der Waals surface area contributed by atoms with Crippen LogP contribution in [-0.2, 0) is 11.3 Å². The fourth-order valence-electron chi connectivity index (χ4n) is 7.07. The Labute approximate surface area is 201 Å². The number of rotatable bonds is 9. The molecular formula is C26H37N5OS. The molecule has 1 aromatic carbocycles. The lowest BCUT2D eigenvalue weighted by molar-refractivity contribution is -0.124. The summed E-state index contributed by atoms with van der Waals surface area (Å²) in [6.45, 7) is 2.89. The molecule has 4 saturated carbocycles. The first-order chi connectivity index (χ1) is 15.9. The van der Waals surface area contributed by atoms with Gasteiger partial charge >= 0.3 is 0 Å². The van der Waals surface area contributed by atoms with Crippen molar-refractivity contribution in [3.8, 4) is 0 Å². The van der Waals surface area contributed by atoms with Gasteiger partial charge in [-0.1, -0.05) is 49.0 Å². The number of nitrogens with one attached hydrogen (secondary N) is 1. The van der Waals surface area contributed by atoms with Gasteiger partial charge < -0.3 is 9.88 Å². The third-order valence-corrected chi connectivity index (χ3v) is 8.98. The predicted octanol–water partition coefficient (Wildman–Crippen LogP) is 4.52. The van der Waals surface area contributed by atoms with Gasteiger partial charge in [0.05, 0.1) is 18.3 Å². The molecule has 0 aliphatic heterocycles. The molecule has 178 valence electrons. The van der Waals surface area contributed by atoms with Crippen LogP contribution in [0, 0.1) is 17.8 Å². The van der Waals surface area contributed by atoms with Gasteiger partial charge in [-0.15, -0.1) is 10.2 Å². The van der Waals surface area contributed by atoms with Crippen molar-refractivity contribution in [2.45, 2.75) is 75.2 Å². The number of hydrogen-bond acceptors (Lipinski definition) is 5. The monoisotopic (exact) mass is 467 g/mol. The Morgan fingerprint density at radius 1 is 1.12 bits per heavy atom. The largest absolute Gasteiger partial charge is 0.350 e. The Hall–Kier alpha value is -1.86. The van der Waals surface area contributed by atoms with Crippen LogP contribution in [0.2, 0.25) is 0 Å². The lowest BCUT2D eigenvalue weighted by Gasteiger charge is -2.56. The van der Waals surface area contributed by atoms with Crippen molar-refractivity contribution in [3.05, 3.63) is 41.7 Å². The number of benzene rings is 1. The predicted molar refractivity (Wildman–Crippen MR) is 132 cm³/mol. The molecule has 4 bridgehead atoms. The second-order valence-corrected chi connectivity index (χ2v) is 11.8. The second kappa shape index (κ2) is 9.41. The van der Waals surface area contributed by atoms with E-state index >= 15 is 0 Å². The number of nitrogens with zero attached hydrogens (tertiary/aromatic N) is 4.